The van der Waals surface area contributed by atoms with E-state index in [4.69, 9.17) is 0 Å². The Morgan fingerprint density at radius 2 is 1.90 bits per heavy atom. The van der Waals surface area contributed by atoms with Gasteiger partial charge in [0.2, 0.25) is 0 Å². The van der Waals surface area contributed by atoms with Crippen molar-refractivity contribution in [2.24, 2.45) is 5.92 Å². The topological polar surface area (TPSA) is 35.5 Å². The van der Waals surface area contributed by atoms with Crippen molar-refractivity contribution in [3.63, 3.8) is 0 Å². The molecule has 124 valence electrons. The fourth-order valence-corrected chi connectivity index (χ4v) is 4.03. The van der Waals surface area contributed by atoms with Crippen molar-refractivity contribution in [1.82, 2.24) is 10.2 Å². The second kappa shape index (κ2) is 8.50. The van der Waals surface area contributed by atoms with Crippen LogP contribution in [0.2, 0.25) is 0 Å². The van der Waals surface area contributed by atoms with Crippen LogP contribution in [0.25, 0.3) is 0 Å². The Labute approximate surface area is 131 Å². The first-order valence-corrected chi connectivity index (χ1v) is 9.29. The van der Waals surface area contributed by atoms with Crippen LogP contribution >= 0.6 is 0 Å². The molecule has 2 aliphatic rings. The van der Waals surface area contributed by atoms with Crippen LogP contribution in [0.1, 0.15) is 71.6 Å². The lowest BCUT2D eigenvalue weighted by Crippen LogP contribution is -2.42. The number of hydrogen-bond acceptors (Lipinski definition) is 3. The molecule has 1 saturated carbocycles. The summed E-state index contributed by atoms with van der Waals surface area (Å²) >= 11 is 0. The molecule has 3 atom stereocenters. The fraction of sp³-hybridized carbons (Fsp3) is 1.00. The average molecular weight is 296 g/mol. The standard InChI is InChI=1S/C18H36N2O/c1-3-12-19-17-9-6-4-5-8-16(17)15-20-13-7-10-18(2,21)11-14-20/h16-17,19,21H,3-15H2,1-2H3. The number of nitrogens with zero attached hydrogens (tertiary/aromatic N) is 1. The minimum atomic E-state index is -0.432. The van der Waals surface area contributed by atoms with Crippen molar-refractivity contribution in [1.29, 1.82) is 0 Å². The molecule has 2 N–H and O–H groups in total. The summed E-state index contributed by atoms with van der Waals surface area (Å²) in [4.78, 5) is 2.62. The highest BCUT2D eigenvalue weighted by molar-refractivity contribution is 4.85. The van der Waals surface area contributed by atoms with Crippen LogP contribution < -0.4 is 5.32 Å². The lowest BCUT2D eigenvalue weighted by Gasteiger charge is -2.32. The van der Waals surface area contributed by atoms with Gasteiger partial charge in [-0.05, 0) is 64.5 Å². The molecule has 0 aromatic heterocycles. The second-order valence-electron chi connectivity index (χ2n) is 7.61. The van der Waals surface area contributed by atoms with Gasteiger partial charge >= 0.3 is 0 Å². The Morgan fingerprint density at radius 3 is 2.71 bits per heavy atom. The Morgan fingerprint density at radius 1 is 1.10 bits per heavy atom. The number of hydrogen-bond donors (Lipinski definition) is 2. The molecule has 0 radical (unpaired) electrons. The normalized spacial score (nSPS) is 36.1. The molecular formula is C18H36N2O. The van der Waals surface area contributed by atoms with Crippen LogP contribution in [0.5, 0.6) is 0 Å². The van der Waals surface area contributed by atoms with Crippen LogP contribution in [0.4, 0.5) is 0 Å². The summed E-state index contributed by atoms with van der Waals surface area (Å²) in [6, 6.07) is 0.719. The van der Waals surface area contributed by atoms with E-state index in [1.165, 1.54) is 51.6 Å². The average Bonchev–Trinajstić information content (AvgIpc) is 2.76. The second-order valence-corrected chi connectivity index (χ2v) is 7.61. The summed E-state index contributed by atoms with van der Waals surface area (Å²) in [5, 5.41) is 14.1. The first-order valence-electron chi connectivity index (χ1n) is 9.29. The van der Waals surface area contributed by atoms with E-state index in [0.717, 1.165) is 44.3 Å². The van der Waals surface area contributed by atoms with Crippen molar-refractivity contribution < 1.29 is 5.11 Å². The van der Waals surface area contributed by atoms with Gasteiger partial charge in [-0.1, -0.05) is 26.2 Å². The largest absolute Gasteiger partial charge is 0.390 e. The highest BCUT2D eigenvalue weighted by atomic mass is 16.3. The maximum Gasteiger partial charge on any atom is 0.0632 e. The molecule has 2 rings (SSSR count). The predicted molar refractivity (Wildman–Crippen MR) is 89.6 cm³/mol. The van der Waals surface area contributed by atoms with Crippen molar-refractivity contribution >= 4 is 0 Å². The summed E-state index contributed by atoms with van der Waals surface area (Å²) in [5.74, 6) is 0.807. The van der Waals surface area contributed by atoms with Gasteiger partial charge in [0.05, 0.1) is 5.60 Å². The predicted octanol–water partition coefficient (Wildman–Crippen LogP) is 3.17. The van der Waals surface area contributed by atoms with Crippen LogP contribution in [-0.2, 0) is 0 Å². The Kier molecular flexibility index (Phi) is 6.97. The number of aliphatic hydroxyl groups is 1. The quantitative estimate of drug-likeness (QED) is 0.765. The zero-order chi connectivity index (χ0) is 15.1. The van der Waals surface area contributed by atoms with Gasteiger partial charge in [0.25, 0.3) is 0 Å². The zero-order valence-corrected chi connectivity index (χ0v) is 14.2. The third-order valence-corrected chi connectivity index (χ3v) is 5.46. The minimum absolute atomic E-state index is 0.432. The maximum atomic E-state index is 10.3. The van der Waals surface area contributed by atoms with Crippen LogP contribution in [-0.4, -0.2) is 47.8 Å². The molecule has 21 heavy (non-hydrogen) atoms. The number of likely N-dealkylation sites (tertiary alicyclic amines) is 1. The van der Waals surface area contributed by atoms with Crippen molar-refractivity contribution in [3.05, 3.63) is 0 Å². The maximum absolute atomic E-state index is 10.3. The van der Waals surface area contributed by atoms with Crippen molar-refractivity contribution in [3.8, 4) is 0 Å². The fourth-order valence-electron chi connectivity index (χ4n) is 4.03. The van der Waals surface area contributed by atoms with Gasteiger partial charge in [0.15, 0.2) is 0 Å². The van der Waals surface area contributed by atoms with Crippen LogP contribution in [0.15, 0.2) is 0 Å². The molecular weight excluding hydrogens is 260 g/mol. The van der Waals surface area contributed by atoms with E-state index < -0.39 is 5.60 Å². The molecule has 1 aliphatic heterocycles. The van der Waals surface area contributed by atoms with E-state index in [9.17, 15) is 5.11 Å². The molecule has 0 amide bonds. The minimum Gasteiger partial charge on any atom is -0.390 e. The van der Waals surface area contributed by atoms with Gasteiger partial charge in [-0.2, -0.15) is 0 Å². The molecule has 2 fully saturated rings. The number of nitrogens with one attached hydrogen (secondary N) is 1. The van der Waals surface area contributed by atoms with Gasteiger partial charge in [0.1, 0.15) is 0 Å². The van der Waals surface area contributed by atoms with E-state index in [2.05, 4.69) is 17.1 Å². The molecule has 3 unspecified atom stereocenters. The van der Waals surface area contributed by atoms with Gasteiger partial charge in [-0.25, -0.2) is 0 Å². The molecule has 0 spiro atoms. The Balaban J connectivity index is 1.87. The third-order valence-electron chi connectivity index (χ3n) is 5.46. The lowest BCUT2D eigenvalue weighted by atomic mass is 9.93. The summed E-state index contributed by atoms with van der Waals surface area (Å²) < 4.78 is 0. The molecule has 0 aromatic carbocycles. The van der Waals surface area contributed by atoms with Crippen molar-refractivity contribution in [2.75, 3.05) is 26.2 Å². The highest BCUT2D eigenvalue weighted by Gasteiger charge is 2.29. The van der Waals surface area contributed by atoms with E-state index >= 15 is 0 Å². The zero-order valence-electron chi connectivity index (χ0n) is 14.2. The highest BCUT2D eigenvalue weighted by Crippen LogP contribution is 2.27. The molecule has 1 aliphatic carbocycles. The summed E-state index contributed by atoms with van der Waals surface area (Å²) in [6.45, 7) is 8.91. The van der Waals surface area contributed by atoms with Crippen LogP contribution in [0.3, 0.4) is 0 Å². The van der Waals surface area contributed by atoms with E-state index in [0.29, 0.717) is 0 Å². The molecule has 1 heterocycles. The summed E-state index contributed by atoms with van der Waals surface area (Å²) in [5.41, 5.74) is -0.432. The van der Waals surface area contributed by atoms with E-state index in [-0.39, 0.29) is 0 Å². The van der Waals surface area contributed by atoms with Crippen molar-refractivity contribution in [2.45, 2.75) is 83.3 Å². The van der Waals surface area contributed by atoms with Gasteiger partial charge in [-0.15, -0.1) is 0 Å². The molecule has 1 saturated heterocycles. The van der Waals surface area contributed by atoms with Gasteiger partial charge < -0.3 is 15.3 Å². The van der Waals surface area contributed by atoms with E-state index in [1.807, 2.05) is 6.92 Å². The lowest BCUT2D eigenvalue weighted by molar-refractivity contribution is 0.0438. The smallest absolute Gasteiger partial charge is 0.0632 e. The summed E-state index contributed by atoms with van der Waals surface area (Å²) in [7, 11) is 0. The number of rotatable bonds is 5. The van der Waals surface area contributed by atoms with Gasteiger partial charge in [0, 0.05) is 19.1 Å². The van der Waals surface area contributed by atoms with Gasteiger partial charge in [-0.3, -0.25) is 0 Å². The summed E-state index contributed by atoms with van der Waals surface area (Å²) in [6.07, 6.45) is 11.2. The molecule has 3 heteroatoms. The van der Waals surface area contributed by atoms with Crippen LogP contribution in [0, 0.1) is 5.92 Å². The first kappa shape index (κ1) is 17.2. The molecule has 0 bridgehead atoms. The molecule has 3 nitrogen and oxygen atoms in total. The Bertz CT molecular complexity index is 293. The third kappa shape index (κ3) is 5.88. The first-order chi connectivity index (χ1) is 10.1. The molecule has 0 aromatic rings. The SMILES string of the molecule is CCCNC1CCCCCC1CN1CCCC(C)(O)CC1. The monoisotopic (exact) mass is 296 g/mol. The van der Waals surface area contributed by atoms with E-state index in [1.54, 1.807) is 0 Å². The Hall–Kier alpha value is -0.120.